The highest BCUT2D eigenvalue weighted by molar-refractivity contribution is 6.04. The molecule has 0 spiro atoms. The molecule has 4 heterocycles. The van der Waals surface area contributed by atoms with Crippen molar-refractivity contribution < 1.29 is 19.1 Å². The largest absolute Gasteiger partial charge is 0.453 e. The van der Waals surface area contributed by atoms with Crippen LogP contribution in [0.1, 0.15) is 69.8 Å². The normalized spacial score (nSPS) is 23.4. The number of carbonyl (C=O) groups is 3. The number of rotatable bonds is 10. The first-order chi connectivity index (χ1) is 26.7. The predicted molar refractivity (Wildman–Crippen MR) is 213 cm³/mol. The summed E-state index contributed by atoms with van der Waals surface area (Å²) in [5, 5.41) is 2.71. The zero-order chi connectivity index (χ0) is 38.2. The van der Waals surface area contributed by atoms with Gasteiger partial charge in [0, 0.05) is 50.0 Å². The Kier molecular flexibility index (Phi) is 10.1. The Hall–Kier alpha value is -5.58. The van der Waals surface area contributed by atoms with E-state index in [4.69, 9.17) is 14.7 Å². The second-order valence-corrected chi connectivity index (χ2v) is 15.8. The highest BCUT2D eigenvalue weighted by atomic mass is 16.5. The molecule has 11 heteroatoms. The average molecular weight is 740 g/mol. The van der Waals surface area contributed by atoms with E-state index in [-0.39, 0.29) is 35.6 Å². The van der Waals surface area contributed by atoms with Crippen LogP contribution in [-0.2, 0) is 14.3 Å². The molecule has 4 aliphatic rings. The Morgan fingerprint density at radius 3 is 2.31 bits per heavy atom. The molecular weight excluding hydrogens is 691 g/mol. The van der Waals surface area contributed by atoms with Crippen LogP contribution in [0.2, 0.25) is 0 Å². The lowest BCUT2D eigenvalue weighted by Crippen LogP contribution is -2.51. The molecule has 0 radical (unpaired) electrons. The number of alkyl carbamates (subject to hydrolysis) is 1. The van der Waals surface area contributed by atoms with E-state index in [2.05, 4.69) is 63.8 Å². The number of benzene rings is 2. The van der Waals surface area contributed by atoms with Crippen molar-refractivity contribution in [2.24, 2.45) is 34.6 Å². The van der Waals surface area contributed by atoms with Crippen LogP contribution in [-0.4, -0.2) is 70.2 Å². The fourth-order valence-corrected chi connectivity index (χ4v) is 9.41. The number of anilines is 1. The van der Waals surface area contributed by atoms with Gasteiger partial charge in [-0.3, -0.25) is 19.5 Å². The lowest BCUT2D eigenvalue weighted by atomic mass is 9.74. The summed E-state index contributed by atoms with van der Waals surface area (Å²) in [5.74, 6) is 2.45. The number of ether oxygens (including phenoxy) is 1. The first-order valence-electron chi connectivity index (χ1n) is 19.6. The summed E-state index contributed by atoms with van der Waals surface area (Å²) in [7, 11) is 3.15. The highest BCUT2D eigenvalue weighted by Gasteiger charge is 2.53. The average Bonchev–Trinajstić information content (AvgIpc) is 4.08. The minimum absolute atomic E-state index is 0.0446. The molecule has 3 fully saturated rings. The molecule has 4 aromatic rings. The molecule has 2 saturated carbocycles. The quantitative estimate of drug-likeness (QED) is 0.171. The monoisotopic (exact) mass is 739 g/mol. The number of aromatic nitrogens is 3. The number of hydrogen-bond acceptors (Lipinski definition) is 7. The van der Waals surface area contributed by atoms with Gasteiger partial charge in [0.2, 0.25) is 11.8 Å². The number of aromatic amines is 1. The van der Waals surface area contributed by atoms with Gasteiger partial charge in [-0.1, -0.05) is 68.4 Å². The van der Waals surface area contributed by atoms with E-state index in [1.807, 2.05) is 56.4 Å². The van der Waals surface area contributed by atoms with Crippen molar-refractivity contribution >= 4 is 35.0 Å². The van der Waals surface area contributed by atoms with Crippen molar-refractivity contribution in [1.82, 2.24) is 25.2 Å². The van der Waals surface area contributed by atoms with Gasteiger partial charge in [0.25, 0.3) is 0 Å². The van der Waals surface area contributed by atoms with E-state index in [0.29, 0.717) is 24.2 Å². The summed E-state index contributed by atoms with van der Waals surface area (Å²) < 4.78 is 4.76. The molecule has 1 saturated heterocycles. The fraction of sp³-hybridized carbons (Fsp3) is 0.409. The summed E-state index contributed by atoms with van der Waals surface area (Å²) in [5.41, 5.74) is 7.62. The standard InChI is InChI=1S/C44H49N7O4/c1-26(2)40(49-44(54)55-4)43(53)51-21-7-8-36(51)41-47-25-35(48-41)30-16-14-28(15-17-30)27-10-12-29(13-11-27)33-23-34(46-24-33)38-31-18-19-32(22-31)39(38)42(52)50(3)37-9-5-6-20-45-37/h5-6,9-17,20,24-26,31-32,36,38-40H,7-8,18-19,21-23H2,1-4H3,(H,47,48)(H,49,54)/t31?,32?,36-,38?,39+,40-/m0/s1. The SMILES string of the molecule is COC(=O)N[C@H](C(=O)N1CCC[C@H]1c1ncc(-c2ccc(-c3ccc(C4=CN=C(C5C6CCC(C6)[C@H]5C(=O)N(C)c5ccccn5)C4)cc3)cc2)[nH]1)C(C)C. The predicted octanol–water partition coefficient (Wildman–Crippen LogP) is 7.69. The van der Waals surface area contributed by atoms with Crippen molar-refractivity contribution in [2.45, 2.75) is 64.5 Å². The van der Waals surface area contributed by atoms with Crippen molar-refractivity contribution in [2.75, 3.05) is 25.6 Å². The zero-order valence-electron chi connectivity index (χ0n) is 31.9. The van der Waals surface area contributed by atoms with E-state index < -0.39 is 12.1 Å². The Bertz CT molecular complexity index is 2110. The molecule has 2 aliphatic carbocycles. The first kappa shape index (κ1) is 36.4. The number of aliphatic imine (C=N–C) groups is 1. The molecule has 2 N–H and O–H groups in total. The van der Waals surface area contributed by atoms with Gasteiger partial charge in [-0.05, 0) is 89.8 Å². The third-order valence-corrected chi connectivity index (χ3v) is 12.3. The third-order valence-electron chi connectivity index (χ3n) is 12.3. The number of methoxy groups -OCH3 is 1. The Morgan fingerprint density at radius 2 is 1.62 bits per heavy atom. The molecule has 2 aromatic carbocycles. The van der Waals surface area contributed by atoms with Crippen LogP contribution < -0.4 is 10.2 Å². The maximum atomic E-state index is 13.9. The third kappa shape index (κ3) is 7.08. The van der Waals surface area contributed by atoms with Gasteiger partial charge in [-0.2, -0.15) is 0 Å². The van der Waals surface area contributed by atoms with E-state index in [0.717, 1.165) is 71.6 Å². The van der Waals surface area contributed by atoms with Gasteiger partial charge in [-0.15, -0.1) is 0 Å². The minimum atomic E-state index is -0.674. The number of nitrogens with zero attached hydrogens (tertiary/aromatic N) is 5. The first-order valence-corrected chi connectivity index (χ1v) is 19.6. The van der Waals surface area contributed by atoms with Crippen molar-refractivity contribution in [1.29, 1.82) is 0 Å². The maximum Gasteiger partial charge on any atom is 0.407 e. The molecule has 3 unspecified atom stereocenters. The smallest absolute Gasteiger partial charge is 0.407 e. The summed E-state index contributed by atoms with van der Waals surface area (Å²) in [6.07, 6.45) is 10.8. The van der Waals surface area contributed by atoms with Crippen LogP contribution in [0.3, 0.4) is 0 Å². The Balaban J connectivity index is 0.905. The highest BCUT2D eigenvalue weighted by Crippen LogP contribution is 2.54. The van der Waals surface area contributed by atoms with E-state index >= 15 is 0 Å². The molecule has 6 atom stereocenters. The minimum Gasteiger partial charge on any atom is -0.453 e. The number of imidazole rings is 1. The molecule has 2 aromatic heterocycles. The number of pyridine rings is 1. The molecule has 3 amide bonds. The van der Waals surface area contributed by atoms with Crippen molar-refractivity contribution in [3.63, 3.8) is 0 Å². The lowest BCUT2D eigenvalue weighted by Gasteiger charge is -2.33. The number of hydrogen-bond donors (Lipinski definition) is 2. The van der Waals surface area contributed by atoms with Crippen LogP contribution in [0.15, 0.2) is 90.3 Å². The fourth-order valence-electron chi connectivity index (χ4n) is 9.41. The molecule has 2 aliphatic heterocycles. The zero-order valence-corrected chi connectivity index (χ0v) is 31.9. The molecular formula is C44H49N7O4. The maximum absolute atomic E-state index is 13.9. The molecule has 8 rings (SSSR count). The Labute approximate surface area is 322 Å². The number of likely N-dealkylation sites (tertiary alicyclic amines) is 1. The van der Waals surface area contributed by atoms with Crippen LogP contribution in [0.25, 0.3) is 28.0 Å². The van der Waals surface area contributed by atoms with Gasteiger partial charge in [-0.25, -0.2) is 14.8 Å². The van der Waals surface area contributed by atoms with Crippen molar-refractivity contribution in [3.8, 4) is 22.4 Å². The van der Waals surface area contributed by atoms with Gasteiger partial charge < -0.3 is 19.9 Å². The second kappa shape index (κ2) is 15.3. The number of allylic oxidation sites excluding steroid dienone is 1. The molecule has 2 bridgehead atoms. The van der Waals surface area contributed by atoms with Gasteiger partial charge >= 0.3 is 6.09 Å². The number of fused-ring (bicyclic) bond motifs is 2. The summed E-state index contributed by atoms with van der Waals surface area (Å²) in [6, 6.07) is 21.9. The van der Waals surface area contributed by atoms with Crippen LogP contribution >= 0.6 is 0 Å². The summed E-state index contributed by atoms with van der Waals surface area (Å²) in [6.45, 7) is 4.43. The van der Waals surface area contributed by atoms with Crippen LogP contribution in [0.4, 0.5) is 10.6 Å². The summed E-state index contributed by atoms with van der Waals surface area (Å²) >= 11 is 0. The van der Waals surface area contributed by atoms with Crippen LogP contribution in [0.5, 0.6) is 0 Å². The molecule has 11 nitrogen and oxygen atoms in total. The van der Waals surface area contributed by atoms with E-state index in [1.165, 1.54) is 19.1 Å². The van der Waals surface area contributed by atoms with E-state index in [1.54, 1.807) is 11.1 Å². The number of carbonyl (C=O) groups excluding carboxylic acids is 3. The van der Waals surface area contributed by atoms with Gasteiger partial charge in [0.1, 0.15) is 17.7 Å². The topological polar surface area (TPSA) is 133 Å². The number of nitrogens with one attached hydrogen (secondary N) is 2. The lowest BCUT2D eigenvalue weighted by molar-refractivity contribution is -0.135. The number of H-pyrrole nitrogens is 1. The second-order valence-electron chi connectivity index (χ2n) is 15.8. The van der Waals surface area contributed by atoms with E-state index in [9.17, 15) is 14.4 Å². The number of amides is 3. The molecule has 55 heavy (non-hydrogen) atoms. The van der Waals surface area contributed by atoms with Gasteiger partial charge in [0.05, 0.1) is 25.0 Å². The van der Waals surface area contributed by atoms with Gasteiger partial charge in [0.15, 0.2) is 0 Å². The Morgan fingerprint density at radius 1 is 0.909 bits per heavy atom. The van der Waals surface area contributed by atoms with Crippen LogP contribution in [0, 0.1) is 29.6 Å². The summed E-state index contributed by atoms with van der Waals surface area (Å²) in [4.78, 5) is 60.5. The molecule has 284 valence electrons. The van der Waals surface area contributed by atoms with Crippen molar-refractivity contribution in [3.05, 3.63) is 96.7 Å².